The van der Waals surface area contributed by atoms with Crippen molar-refractivity contribution in [3.05, 3.63) is 6.33 Å². The second-order valence-corrected chi connectivity index (χ2v) is 9.38. The van der Waals surface area contributed by atoms with Crippen LogP contribution >= 0.6 is 7.75 Å². The maximum atomic E-state index is 13.0. The third-order valence-corrected chi connectivity index (χ3v) is 6.90. The minimum Gasteiger partial charge on any atom is -0.476 e. The van der Waals surface area contributed by atoms with Crippen LogP contribution in [0.25, 0.3) is 11.2 Å². The molecule has 164 valence electrons. The Morgan fingerprint density at radius 3 is 2.97 bits per heavy atom. The highest BCUT2D eigenvalue weighted by atomic mass is 31.2. The average Bonchev–Trinajstić information content (AvgIpc) is 3.20. The normalized spacial score (nSPS) is 33.7. The highest BCUT2D eigenvalue weighted by molar-refractivity contribution is 7.51. The number of hydrogen-bond acceptors (Lipinski definition) is 10. The second-order valence-electron chi connectivity index (χ2n) is 7.66. The van der Waals surface area contributed by atoms with Crippen LogP contribution in [-0.2, 0) is 18.3 Å². The van der Waals surface area contributed by atoms with Crippen LogP contribution in [0.2, 0.25) is 0 Å². The molecule has 2 aromatic heterocycles. The first-order valence-electron chi connectivity index (χ1n) is 9.67. The van der Waals surface area contributed by atoms with E-state index in [2.05, 4.69) is 31.7 Å². The van der Waals surface area contributed by atoms with E-state index in [-0.39, 0.29) is 24.5 Å². The zero-order valence-corrected chi connectivity index (χ0v) is 18.2. The van der Waals surface area contributed by atoms with Crippen LogP contribution in [0.5, 0.6) is 5.88 Å². The lowest BCUT2D eigenvalue weighted by Crippen LogP contribution is -2.47. The monoisotopic (exact) mass is 439 g/mol. The minimum absolute atomic E-state index is 0.0431. The average molecular weight is 439 g/mol. The van der Waals surface area contributed by atoms with Gasteiger partial charge >= 0.3 is 7.75 Å². The van der Waals surface area contributed by atoms with E-state index in [0.717, 1.165) is 0 Å². The quantitative estimate of drug-likeness (QED) is 0.503. The lowest BCUT2D eigenvalue weighted by atomic mass is 9.93. The first-order chi connectivity index (χ1) is 14.2. The van der Waals surface area contributed by atoms with Gasteiger partial charge in [-0.05, 0) is 34.4 Å². The Balaban J connectivity index is 1.74. The maximum absolute atomic E-state index is 13.0. The van der Waals surface area contributed by atoms with Crippen molar-refractivity contribution in [1.82, 2.24) is 24.6 Å². The topological polar surface area (TPSA) is 148 Å². The first-order valence-corrected chi connectivity index (χ1v) is 11.2. The van der Waals surface area contributed by atoms with Crippen molar-refractivity contribution in [2.45, 2.75) is 57.7 Å². The predicted molar refractivity (Wildman–Crippen MR) is 109 cm³/mol. The smallest absolute Gasteiger partial charge is 0.406 e. The fraction of sp³-hybridized carbons (Fsp3) is 0.647. The molecule has 0 amide bonds. The molecular weight excluding hydrogens is 413 g/mol. The van der Waals surface area contributed by atoms with Crippen LogP contribution in [0.4, 0.5) is 5.95 Å². The molecule has 13 heteroatoms. The molecule has 0 radical (unpaired) electrons. The van der Waals surface area contributed by atoms with Gasteiger partial charge in [0.25, 0.3) is 0 Å². The van der Waals surface area contributed by atoms with E-state index in [1.807, 2.05) is 27.7 Å². The molecule has 5 atom stereocenters. The second kappa shape index (κ2) is 7.54. The number of nitrogens with zero attached hydrogens (tertiary/aromatic N) is 5. The van der Waals surface area contributed by atoms with Gasteiger partial charge in [0, 0.05) is 6.04 Å². The van der Waals surface area contributed by atoms with Gasteiger partial charge in [0.1, 0.15) is 17.7 Å². The molecule has 30 heavy (non-hydrogen) atoms. The molecule has 2 saturated heterocycles. The highest BCUT2D eigenvalue weighted by Crippen LogP contribution is 2.56. The summed E-state index contributed by atoms with van der Waals surface area (Å²) in [5, 5.41) is 2.86. The molecule has 4 heterocycles. The van der Waals surface area contributed by atoms with Gasteiger partial charge in [-0.1, -0.05) is 0 Å². The van der Waals surface area contributed by atoms with Crippen molar-refractivity contribution < 1.29 is 23.1 Å². The van der Waals surface area contributed by atoms with E-state index >= 15 is 0 Å². The molecule has 0 aromatic carbocycles. The lowest BCUT2D eigenvalue weighted by Gasteiger charge is -2.36. The largest absolute Gasteiger partial charge is 0.476 e. The van der Waals surface area contributed by atoms with E-state index in [9.17, 15) is 4.57 Å². The number of hydrogen-bond donors (Lipinski definition) is 2. The first kappa shape index (κ1) is 21.1. The van der Waals surface area contributed by atoms with E-state index in [4.69, 9.17) is 24.3 Å². The molecule has 1 unspecified atom stereocenters. The lowest BCUT2D eigenvalue weighted by molar-refractivity contribution is -0.0587. The summed E-state index contributed by atoms with van der Waals surface area (Å²) in [4.78, 5) is 17.1. The zero-order chi connectivity index (χ0) is 21.7. The Bertz CT molecular complexity index is 1010. The molecule has 2 fully saturated rings. The predicted octanol–water partition coefficient (Wildman–Crippen LogP) is 1.69. The van der Waals surface area contributed by atoms with E-state index < -0.39 is 31.7 Å². The molecule has 3 N–H and O–H groups in total. The van der Waals surface area contributed by atoms with Gasteiger partial charge in [0.05, 0.1) is 19.5 Å². The fourth-order valence-corrected chi connectivity index (χ4v) is 5.58. The van der Waals surface area contributed by atoms with Gasteiger partial charge in [-0.25, -0.2) is 14.6 Å². The molecule has 0 bridgehead atoms. The Morgan fingerprint density at radius 1 is 1.53 bits per heavy atom. The van der Waals surface area contributed by atoms with Gasteiger partial charge in [0.15, 0.2) is 17.4 Å². The Labute approximate surface area is 173 Å². The number of anilines is 1. The summed E-state index contributed by atoms with van der Waals surface area (Å²) in [7, 11) is -3.52. The maximum Gasteiger partial charge on any atom is 0.406 e. The van der Waals surface area contributed by atoms with Crippen LogP contribution in [0, 0.1) is 0 Å². The zero-order valence-electron chi connectivity index (χ0n) is 17.3. The summed E-state index contributed by atoms with van der Waals surface area (Å²) in [5.41, 5.74) is 5.74. The SMILES string of the molecule is C=N[C@]1(C)[C@@H]2OP(=O)(NC(C)C)OC[C@H]2O[C@H]1n1cnc2c(OCC)nc(N)nc21. The number of nitrogens with two attached hydrogens (primary N) is 1. The molecular formula is C17H26N7O5P. The van der Waals surface area contributed by atoms with Crippen molar-refractivity contribution in [3.63, 3.8) is 0 Å². The van der Waals surface area contributed by atoms with Crippen LogP contribution in [0.3, 0.4) is 0 Å². The summed E-state index contributed by atoms with van der Waals surface area (Å²) in [6, 6.07) is -0.0947. The fourth-order valence-electron chi connectivity index (χ4n) is 3.76. The number of imidazole rings is 1. The minimum atomic E-state index is -3.52. The van der Waals surface area contributed by atoms with Gasteiger partial charge in [-0.3, -0.25) is 18.6 Å². The number of rotatable bonds is 6. The summed E-state index contributed by atoms with van der Waals surface area (Å²) >= 11 is 0. The number of aromatic nitrogens is 4. The number of aliphatic imine (C=N–C) groups is 1. The summed E-state index contributed by atoms with van der Waals surface area (Å²) in [6.07, 6.45) is -0.314. The Kier molecular flexibility index (Phi) is 5.31. The van der Waals surface area contributed by atoms with Crippen molar-refractivity contribution >= 4 is 31.6 Å². The summed E-state index contributed by atoms with van der Waals surface area (Å²) in [6.45, 7) is 11.6. The number of ether oxygens (including phenoxy) is 2. The van der Waals surface area contributed by atoms with Crippen LogP contribution in [-0.4, -0.2) is 63.2 Å². The van der Waals surface area contributed by atoms with E-state index in [1.54, 1.807) is 10.9 Å². The van der Waals surface area contributed by atoms with Crippen molar-refractivity contribution in [1.29, 1.82) is 0 Å². The van der Waals surface area contributed by atoms with Crippen LogP contribution in [0.1, 0.15) is 33.9 Å². The number of nitrogens with one attached hydrogen (secondary N) is 1. The van der Waals surface area contributed by atoms with Gasteiger partial charge in [0.2, 0.25) is 11.8 Å². The summed E-state index contributed by atoms with van der Waals surface area (Å²) in [5.74, 6) is 0.328. The standard InChI is InChI=1S/C17H26N7O5P/c1-6-26-14-11-13(21-16(18)22-14)24(8-20-11)15-17(4,19-5)12-10(28-15)7-27-30(25,29-12)23-9(2)3/h8-10,12,15H,5-7H2,1-4H3,(H,23,25)(H2,18,21,22)/t10-,12-,15-,17-,30?/m1/s1. The third kappa shape index (κ3) is 3.38. The van der Waals surface area contributed by atoms with Crippen molar-refractivity contribution in [2.75, 3.05) is 18.9 Å². The Morgan fingerprint density at radius 2 is 2.30 bits per heavy atom. The van der Waals surface area contributed by atoms with Crippen molar-refractivity contribution in [2.24, 2.45) is 4.99 Å². The van der Waals surface area contributed by atoms with Gasteiger partial charge < -0.3 is 15.2 Å². The number of fused-ring (bicyclic) bond motifs is 2. The summed E-state index contributed by atoms with van der Waals surface area (Å²) < 4.78 is 37.8. The van der Waals surface area contributed by atoms with E-state index in [1.165, 1.54) is 0 Å². The Hall–Kier alpha value is -2.11. The molecule has 0 aliphatic carbocycles. The molecule has 2 aliphatic rings. The highest BCUT2D eigenvalue weighted by Gasteiger charge is 2.60. The molecule has 0 spiro atoms. The molecule has 2 aliphatic heterocycles. The molecule has 2 aromatic rings. The van der Waals surface area contributed by atoms with Crippen molar-refractivity contribution in [3.8, 4) is 5.88 Å². The third-order valence-electron chi connectivity index (χ3n) is 5.08. The van der Waals surface area contributed by atoms with Gasteiger partial charge in [-0.15, -0.1) is 0 Å². The van der Waals surface area contributed by atoms with Crippen LogP contribution in [0.15, 0.2) is 11.3 Å². The number of nitrogen functional groups attached to an aromatic ring is 1. The van der Waals surface area contributed by atoms with Gasteiger partial charge in [-0.2, -0.15) is 9.97 Å². The molecule has 0 saturated carbocycles. The molecule has 4 rings (SSSR count). The molecule has 12 nitrogen and oxygen atoms in total. The van der Waals surface area contributed by atoms with E-state index in [0.29, 0.717) is 17.8 Å². The van der Waals surface area contributed by atoms with Crippen LogP contribution < -0.4 is 15.6 Å².